The number of nitrogens with zero attached hydrogens (tertiary/aromatic N) is 1. The minimum Gasteiger partial charge on any atom is -0.496 e. The zero-order chi connectivity index (χ0) is 15.3. The third-order valence-electron chi connectivity index (χ3n) is 3.37. The average Bonchev–Trinajstić information content (AvgIpc) is 2.38. The number of methoxy groups -OCH3 is 1. The highest BCUT2D eigenvalue weighted by molar-refractivity contribution is 5.74. The number of rotatable bonds is 7. The molecule has 20 heavy (non-hydrogen) atoms. The van der Waals surface area contributed by atoms with Crippen LogP contribution in [-0.2, 0) is 11.2 Å². The molecule has 0 saturated carbocycles. The first-order valence-corrected chi connectivity index (χ1v) is 6.38. The molecule has 6 nitrogen and oxygen atoms in total. The van der Waals surface area contributed by atoms with E-state index < -0.39 is 16.3 Å². The Morgan fingerprint density at radius 2 is 2.15 bits per heavy atom. The predicted octanol–water partition coefficient (Wildman–Crippen LogP) is 3.04. The van der Waals surface area contributed by atoms with Crippen LogP contribution in [0.1, 0.15) is 32.3 Å². The van der Waals surface area contributed by atoms with E-state index in [2.05, 4.69) is 0 Å². The Morgan fingerprint density at radius 1 is 1.50 bits per heavy atom. The van der Waals surface area contributed by atoms with Crippen molar-refractivity contribution in [2.45, 2.75) is 33.1 Å². The average molecular weight is 281 g/mol. The third-order valence-corrected chi connectivity index (χ3v) is 3.37. The number of hydrogen-bond donors (Lipinski definition) is 1. The molecule has 1 unspecified atom stereocenters. The lowest BCUT2D eigenvalue weighted by Crippen LogP contribution is -2.30. The molecule has 0 aliphatic heterocycles. The number of nitro benzene ring substituents is 1. The highest BCUT2D eigenvalue weighted by Crippen LogP contribution is 2.34. The lowest BCUT2D eigenvalue weighted by molar-refractivity contribution is -0.384. The van der Waals surface area contributed by atoms with Gasteiger partial charge in [-0.3, -0.25) is 14.9 Å². The standard InChI is InChI=1S/C14H19NO5/c1-4-7-14(2,13(16)17)9-10-8-11(15(18)19)5-6-12(10)20-3/h5-6,8H,4,7,9H2,1-3H3,(H,16,17). The van der Waals surface area contributed by atoms with Crippen LogP contribution in [0.4, 0.5) is 5.69 Å². The van der Waals surface area contributed by atoms with E-state index in [1.165, 1.54) is 25.3 Å². The summed E-state index contributed by atoms with van der Waals surface area (Å²) in [6, 6.07) is 4.23. The number of aliphatic carboxylic acids is 1. The Labute approximate surface area is 117 Å². The molecule has 0 amide bonds. The molecule has 1 atom stereocenters. The molecule has 1 N–H and O–H groups in total. The van der Waals surface area contributed by atoms with Crippen molar-refractivity contribution in [1.29, 1.82) is 0 Å². The van der Waals surface area contributed by atoms with E-state index in [1.54, 1.807) is 6.92 Å². The maximum atomic E-state index is 11.5. The minimum atomic E-state index is -0.961. The topological polar surface area (TPSA) is 89.7 Å². The second-order valence-corrected chi connectivity index (χ2v) is 5.05. The van der Waals surface area contributed by atoms with Crippen LogP contribution >= 0.6 is 0 Å². The predicted molar refractivity (Wildman–Crippen MR) is 74.0 cm³/mol. The monoisotopic (exact) mass is 281 g/mol. The summed E-state index contributed by atoms with van der Waals surface area (Å²) in [6.45, 7) is 3.56. The van der Waals surface area contributed by atoms with E-state index in [0.717, 1.165) is 6.42 Å². The SMILES string of the molecule is CCCC(C)(Cc1cc([N+](=O)[O-])ccc1OC)C(=O)O. The van der Waals surface area contributed by atoms with Gasteiger partial charge in [0.15, 0.2) is 0 Å². The molecule has 0 aliphatic carbocycles. The number of ether oxygens (including phenoxy) is 1. The van der Waals surface area contributed by atoms with Crippen molar-refractivity contribution >= 4 is 11.7 Å². The summed E-state index contributed by atoms with van der Waals surface area (Å²) in [5.74, 6) is -0.438. The van der Waals surface area contributed by atoms with Crippen LogP contribution in [0.2, 0.25) is 0 Å². The highest BCUT2D eigenvalue weighted by atomic mass is 16.6. The summed E-state index contributed by atoms with van der Waals surface area (Å²) in [7, 11) is 1.46. The summed E-state index contributed by atoms with van der Waals surface area (Å²) >= 11 is 0. The van der Waals surface area contributed by atoms with E-state index in [4.69, 9.17) is 4.74 Å². The van der Waals surface area contributed by atoms with Crippen LogP contribution in [0, 0.1) is 15.5 Å². The summed E-state index contributed by atoms with van der Waals surface area (Å²) in [6.07, 6.45) is 1.41. The fourth-order valence-corrected chi connectivity index (χ4v) is 2.26. The number of nitro groups is 1. The quantitative estimate of drug-likeness (QED) is 0.612. The lowest BCUT2D eigenvalue weighted by Gasteiger charge is -2.25. The molecule has 0 fully saturated rings. The van der Waals surface area contributed by atoms with Crippen molar-refractivity contribution in [2.24, 2.45) is 5.41 Å². The van der Waals surface area contributed by atoms with E-state index in [9.17, 15) is 20.0 Å². The van der Waals surface area contributed by atoms with E-state index in [-0.39, 0.29) is 12.1 Å². The number of carboxylic acids is 1. The van der Waals surface area contributed by atoms with Gasteiger partial charge in [-0.05, 0) is 25.8 Å². The smallest absolute Gasteiger partial charge is 0.309 e. The zero-order valence-electron chi connectivity index (χ0n) is 11.9. The minimum absolute atomic E-state index is 0.0648. The molecule has 1 rings (SSSR count). The van der Waals surface area contributed by atoms with Crippen LogP contribution in [0.15, 0.2) is 18.2 Å². The molecule has 1 aromatic carbocycles. The number of carboxylic acid groups (broad SMARTS) is 1. The Balaban J connectivity index is 3.19. The third kappa shape index (κ3) is 3.46. The van der Waals surface area contributed by atoms with Gasteiger partial charge in [0.1, 0.15) is 5.75 Å². The first-order chi connectivity index (χ1) is 9.34. The van der Waals surface area contributed by atoms with Gasteiger partial charge < -0.3 is 9.84 Å². The van der Waals surface area contributed by atoms with Gasteiger partial charge in [0.05, 0.1) is 17.4 Å². The summed E-state index contributed by atoms with van der Waals surface area (Å²) in [5.41, 5.74) is -0.484. The van der Waals surface area contributed by atoms with Crippen LogP contribution in [-0.4, -0.2) is 23.1 Å². The van der Waals surface area contributed by atoms with E-state index in [0.29, 0.717) is 17.7 Å². The van der Waals surface area contributed by atoms with Crippen molar-refractivity contribution < 1.29 is 19.6 Å². The van der Waals surface area contributed by atoms with Gasteiger partial charge in [-0.25, -0.2) is 0 Å². The summed E-state index contributed by atoms with van der Waals surface area (Å²) < 4.78 is 5.17. The molecule has 0 heterocycles. The molecular weight excluding hydrogens is 262 g/mol. The maximum absolute atomic E-state index is 11.5. The van der Waals surface area contributed by atoms with Gasteiger partial charge in [0, 0.05) is 17.7 Å². The molecule has 0 spiro atoms. The van der Waals surface area contributed by atoms with Crippen LogP contribution in [0.5, 0.6) is 5.75 Å². The fraction of sp³-hybridized carbons (Fsp3) is 0.500. The molecule has 0 aliphatic rings. The molecule has 110 valence electrons. The second-order valence-electron chi connectivity index (χ2n) is 5.05. The van der Waals surface area contributed by atoms with Crippen LogP contribution in [0.25, 0.3) is 0 Å². The van der Waals surface area contributed by atoms with Gasteiger partial charge in [0.25, 0.3) is 5.69 Å². The van der Waals surface area contributed by atoms with Crippen molar-refractivity contribution in [3.63, 3.8) is 0 Å². The maximum Gasteiger partial charge on any atom is 0.309 e. The van der Waals surface area contributed by atoms with Gasteiger partial charge in [-0.1, -0.05) is 13.3 Å². The number of non-ortho nitro benzene ring substituents is 1. The van der Waals surface area contributed by atoms with Crippen LogP contribution < -0.4 is 4.74 Å². The van der Waals surface area contributed by atoms with E-state index in [1.807, 2.05) is 6.92 Å². The number of benzene rings is 1. The zero-order valence-corrected chi connectivity index (χ0v) is 11.9. The van der Waals surface area contributed by atoms with E-state index >= 15 is 0 Å². The van der Waals surface area contributed by atoms with Crippen LogP contribution in [0.3, 0.4) is 0 Å². The summed E-state index contributed by atoms with van der Waals surface area (Å²) in [4.78, 5) is 21.8. The Morgan fingerprint density at radius 3 is 2.60 bits per heavy atom. The van der Waals surface area contributed by atoms with Gasteiger partial charge in [-0.2, -0.15) is 0 Å². The number of hydrogen-bond acceptors (Lipinski definition) is 4. The first-order valence-electron chi connectivity index (χ1n) is 6.38. The normalized spacial score (nSPS) is 13.6. The highest BCUT2D eigenvalue weighted by Gasteiger charge is 2.33. The fourth-order valence-electron chi connectivity index (χ4n) is 2.26. The Kier molecular flexibility index (Phi) is 5.07. The Hall–Kier alpha value is -2.11. The molecule has 0 aromatic heterocycles. The molecule has 1 aromatic rings. The Bertz CT molecular complexity index is 514. The number of carbonyl (C=O) groups is 1. The van der Waals surface area contributed by atoms with Crippen molar-refractivity contribution in [3.8, 4) is 5.75 Å². The van der Waals surface area contributed by atoms with Gasteiger partial charge >= 0.3 is 5.97 Å². The molecule has 0 saturated heterocycles. The molecule has 0 bridgehead atoms. The molecule has 6 heteroatoms. The second kappa shape index (κ2) is 6.36. The lowest BCUT2D eigenvalue weighted by atomic mass is 9.79. The summed E-state index contributed by atoms with van der Waals surface area (Å²) in [5, 5.41) is 20.2. The first kappa shape index (κ1) is 15.9. The largest absolute Gasteiger partial charge is 0.496 e. The van der Waals surface area contributed by atoms with Crippen molar-refractivity contribution in [1.82, 2.24) is 0 Å². The van der Waals surface area contributed by atoms with Crippen molar-refractivity contribution in [3.05, 3.63) is 33.9 Å². The molecular formula is C14H19NO5. The van der Waals surface area contributed by atoms with Crippen molar-refractivity contribution in [2.75, 3.05) is 7.11 Å². The van der Waals surface area contributed by atoms with Gasteiger partial charge in [-0.15, -0.1) is 0 Å². The molecule has 0 radical (unpaired) electrons. The van der Waals surface area contributed by atoms with Gasteiger partial charge in [0.2, 0.25) is 0 Å².